The van der Waals surface area contributed by atoms with Crippen molar-refractivity contribution in [1.29, 1.82) is 0 Å². The number of aryl methyl sites for hydroxylation is 1. The van der Waals surface area contributed by atoms with Crippen molar-refractivity contribution in [3.05, 3.63) is 51.2 Å². The van der Waals surface area contributed by atoms with Gasteiger partial charge in [-0.2, -0.15) is 4.72 Å². The van der Waals surface area contributed by atoms with E-state index in [0.717, 1.165) is 16.9 Å². The number of thiophene rings is 1. The molecule has 0 aliphatic carbocycles. The van der Waals surface area contributed by atoms with Crippen LogP contribution >= 0.6 is 22.9 Å². The van der Waals surface area contributed by atoms with E-state index in [4.69, 9.17) is 11.6 Å². The predicted octanol–water partition coefficient (Wildman–Crippen LogP) is 2.81. The van der Waals surface area contributed by atoms with Crippen LogP contribution in [0.2, 0.25) is 5.02 Å². The molecule has 0 amide bonds. The zero-order valence-corrected chi connectivity index (χ0v) is 13.3. The zero-order valence-electron chi connectivity index (χ0n) is 10.9. The van der Waals surface area contributed by atoms with Gasteiger partial charge in [-0.15, -0.1) is 11.3 Å². The maximum atomic E-state index is 12.3. The minimum atomic E-state index is -4.03. The second-order valence-electron chi connectivity index (χ2n) is 4.34. The Hall–Kier alpha value is -1.41. The molecule has 0 aliphatic heterocycles. The molecule has 0 aliphatic rings. The summed E-state index contributed by atoms with van der Waals surface area (Å²) in [5, 5.41) is 10.9. The fourth-order valence-corrected chi connectivity index (χ4v) is 4.34. The van der Waals surface area contributed by atoms with Crippen LogP contribution in [0.4, 0.5) is 0 Å². The molecule has 0 radical (unpaired) electrons. The van der Waals surface area contributed by atoms with Crippen LogP contribution in [0.1, 0.15) is 16.5 Å². The topological polar surface area (TPSA) is 83.5 Å². The quantitative estimate of drug-likeness (QED) is 0.872. The van der Waals surface area contributed by atoms with Gasteiger partial charge in [-0.05, 0) is 36.1 Å². The van der Waals surface area contributed by atoms with Crippen molar-refractivity contribution < 1.29 is 18.3 Å². The molecule has 5 nitrogen and oxygen atoms in total. The first-order chi connectivity index (χ1) is 9.81. The number of halogens is 1. The highest BCUT2D eigenvalue weighted by molar-refractivity contribution is 7.89. The van der Waals surface area contributed by atoms with Gasteiger partial charge >= 0.3 is 5.97 Å². The van der Waals surface area contributed by atoms with Gasteiger partial charge in [0.2, 0.25) is 10.0 Å². The minimum absolute atomic E-state index is 0.0535. The maximum absolute atomic E-state index is 12.3. The lowest BCUT2D eigenvalue weighted by molar-refractivity contribution is -0.139. The Kier molecular flexibility index (Phi) is 4.67. The molecule has 112 valence electrons. The number of nitrogens with one attached hydrogen (secondary N) is 1. The smallest absolute Gasteiger partial charge is 0.327 e. The van der Waals surface area contributed by atoms with Crippen LogP contribution in [0.3, 0.4) is 0 Å². The fraction of sp³-hybridized carbons (Fsp3) is 0.154. The molecule has 2 N–H and O–H groups in total. The summed E-state index contributed by atoms with van der Waals surface area (Å²) in [5.74, 6) is -1.27. The summed E-state index contributed by atoms with van der Waals surface area (Å²) in [6, 6.07) is 6.34. The summed E-state index contributed by atoms with van der Waals surface area (Å²) in [7, 11) is -4.03. The second kappa shape index (κ2) is 6.15. The molecule has 0 saturated carbocycles. The maximum Gasteiger partial charge on any atom is 0.327 e. The zero-order chi connectivity index (χ0) is 15.6. The molecule has 8 heteroatoms. The largest absolute Gasteiger partial charge is 0.480 e. The Balaban J connectivity index is 2.37. The summed E-state index contributed by atoms with van der Waals surface area (Å²) in [4.78, 5) is 11.5. The predicted molar refractivity (Wildman–Crippen MR) is 81.2 cm³/mol. The van der Waals surface area contributed by atoms with E-state index in [1.807, 2.05) is 0 Å². The van der Waals surface area contributed by atoms with E-state index in [1.54, 1.807) is 30.5 Å². The number of hydrogen-bond donors (Lipinski definition) is 2. The monoisotopic (exact) mass is 345 g/mol. The number of sulfonamides is 1. The first-order valence-electron chi connectivity index (χ1n) is 5.86. The molecule has 0 fully saturated rings. The number of rotatable bonds is 5. The molecular weight excluding hydrogens is 334 g/mol. The summed E-state index contributed by atoms with van der Waals surface area (Å²) in [6.45, 7) is 1.78. The number of hydrogen-bond acceptors (Lipinski definition) is 4. The minimum Gasteiger partial charge on any atom is -0.480 e. The van der Waals surface area contributed by atoms with E-state index in [-0.39, 0.29) is 9.92 Å². The van der Waals surface area contributed by atoms with Crippen LogP contribution in [-0.4, -0.2) is 19.5 Å². The Morgan fingerprint density at radius 1 is 1.38 bits per heavy atom. The molecular formula is C13H12ClNO4S2. The molecule has 21 heavy (non-hydrogen) atoms. The van der Waals surface area contributed by atoms with Gasteiger partial charge in [0.1, 0.15) is 4.90 Å². The molecule has 1 aromatic heterocycles. The average Bonchev–Trinajstić information content (AvgIpc) is 2.88. The van der Waals surface area contributed by atoms with Crippen molar-refractivity contribution >= 4 is 38.9 Å². The van der Waals surface area contributed by atoms with Crippen LogP contribution < -0.4 is 4.72 Å². The first kappa shape index (κ1) is 16.0. The van der Waals surface area contributed by atoms with Crippen LogP contribution in [0.25, 0.3) is 0 Å². The molecule has 0 saturated heterocycles. The number of aliphatic carboxylic acids is 1. The highest BCUT2D eigenvalue weighted by Gasteiger charge is 2.28. The standard InChI is InChI=1S/C13H12ClNO4S2/c1-8-4-5-11(9(14)7-8)21(18,19)15-12(13(16)17)10-3-2-6-20-10/h2-7,12,15H,1H3,(H,16,17). The highest BCUT2D eigenvalue weighted by atomic mass is 35.5. The highest BCUT2D eigenvalue weighted by Crippen LogP contribution is 2.26. The van der Waals surface area contributed by atoms with Crippen LogP contribution in [-0.2, 0) is 14.8 Å². The molecule has 2 rings (SSSR count). The van der Waals surface area contributed by atoms with E-state index in [2.05, 4.69) is 4.72 Å². The van der Waals surface area contributed by atoms with Crippen molar-refractivity contribution in [2.45, 2.75) is 17.9 Å². The van der Waals surface area contributed by atoms with Crippen molar-refractivity contribution in [3.8, 4) is 0 Å². The second-order valence-corrected chi connectivity index (χ2v) is 7.41. The lowest BCUT2D eigenvalue weighted by Crippen LogP contribution is -2.33. The van der Waals surface area contributed by atoms with Gasteiger partial charge in [-0.25, -0.2) is 8.42 Å². The Bertz CT molecular complexity index is 756. The van der Waals surface area contributed by atoms with Gasteiger partial charge in [-0.1, -0.05) is 23.7 Å². The molecule has 1 atom stereocenters. The van der Waals surface area contributed by atoms with Crippen molar-refractivity contribution in [1.82, 2.24) is 4.72 Å². The molecule has 2 aromatic rings. The summed E-state index contributed by atoms with van der Waals surface area (Å²) < 4.78 is 26.8. The molecule has 1 heterocycles. The first-order valence-corrected chi connectivity index (χ1v) is 8.60. The van der Waals surface area contributed by atoms with Crippen LogP contribution in [0, 0.1) is 6.92 Å². The Labute approximate surface area is 131 Å². The fourth-order valence-electron chi connectivity index (χ4n) is 1.73. The van der Waals surface area contributed by atoms with Gasteiger partial charge in [0, 0.05) is 4.88 Å². The molecule has 0 bridgehead atoms. The summed E-state index contributed by atoms with van der Waals surface area (Å²) in [5.41, 5.74) is 0.812. The van der Waals surface area contributed by atoms with E-state index in [9.17, 15) is 18.3 Å². The molecule has 1 aromatic carbocycles. The molecule has 0 spiro atoms. The van der Waals surface area contributed by atoms with Gasteiger partial charge in [0.25, 0.3) is 0 Å². The summed E-state index contributed by atoms with van der Waals surface area (Å²) in [6.07, 6.45) is 0. The van der Waals surface area contributed by atoms with Crippen molar-refractivity contribution in [2.75, 3.05) is 0 Å². The van der Waals surface area contributed by atoms with Crippen LogP contribution in [0.15, 0.2) is 40.6 Å². The Morgan fingerprint density at radius 3 is 2.62 bits per heavy atom. The summed E-state index contributed by atoms with van der Waals surface area (Å²) >= 11 is 7.10. The van der Waals surface area contributed by atoms with Gasteiger partial charge in [0.15, 0.2) is 6.04 Å². The van der Waals surface area contributed by atoms with E-state index < -0.39 is 22.0 Å². The van der Waals surface area contributed by atoms with Gasteiger partial charge < -0.3 is 5.11 Å². The third-order valence-corrected chi connectivity index (χ3v) is 5.57. The van der Waals surface area contributed by atoms with E-state index in [0.29, 0.717) is 4.88 Å². The lowest BCUT2D eigenvalue weighted by Gasteiger charge is -2.14. The normalized spacial score (nSPS) is 13.0. The van der Waals surface area contributed by atoms with Gasteiger partial charge in [-0.3, -0.25) is 4.79 Å². The number of carboxylic acids is 1. The third kappa shape index (κ3) is 3.62. The average molecular weight is 346 g/mol. The van der Waals surface area contributed by atoms with Crippen molar-refractivity contribution in [2.24, 2.45) is 0 Å². The third-order valence-electron chi connectivity index (χ3n) is 2.72. The van der Waals surface area contributed by atoms with Crippen molar-refractivity contribution in [3.63, 3.8) is 0 Å². The van der Waals surface area contributed by atoms with E-state index >= 15 is 0 Å². The SMILES string of the molecule is Cc1ccc(S(=O)(=O)NC(C(=O)O)c2cccs2)c(Cl)c1. The van der Waals surface area contributed by atoms with E-state index in [1.165, 1.54) is 12.1 Å². The number of benzene rings is 1. The van der Waals surface area contributed by atoms with Gasteiger partial charge in [0.05, 0.1) is 5.02 Å². The molecule has 1 unspecified atom stereocenters. The lowest BCUT2D eigenvalue weighted by atomic mass is 10.2. The Morgan fingerprint density at radius 2 is 2.10 bits per heavy atom. The number of carboxylic acid groups (broad SMARTS) is 1. The van der Waals surface area contributed by atoms with Crippen LogP contribution in [0.5, 0.6) is 0 Å². The number of carbonyl (C=O) groups is 1.